The maximum Gasteiger partial charge on any atom is 0.276 e. The molecule has 0 unspecified atom stereocenters. The highest BCUT2D eigenvalue weighted by Gasteiger charge is 1.99. The minimum Gasteiger partial charge on any atom is -0.343 e. The number of hydrogen-bond acceptors (Lipinski definition) is 1. The largest absolute Gasteiger partial charge is 0.343 e. The monoisotopic (exact) mass is 261 g/mol. The molecule has 4 heteroatoms. The van der Waals surface area contributed by atoms with Crippen molar-refractivity contribution in [2.24, 2.45) is 0 Å². The first-order valence-electron chi connectivity index (χ1n) is 5.47. The molecule has 2 nitrogen and oxygen atoms in total. The molecule has 0 bridgehead atoms. The summed E-state index contributed by atoms with van der Waals surface area (Å²) in [5, 5.41) is 2.25. The Hall–Kier alpha value is -1.81. The van der Waals surface area contributed by atoms with Gasteiger partial charge in [-0.3, -0.25) is 4.79 Å². The van der Waals surface area contributed by atoms with Gasteiger partial charge >= 0.3 is 0 Å². The fourth-order valence-electron chi connectivity index (χ4n) is 1.64. The number of carbonyl (C=O) groups is 1. The van der Waals surface area contributed by atoms with Crippen molar-refractivity contribution in [3.8, 4) is 11.1 Å². The van der Waals surface area contributed by atoms with Crippen LogP contribution in [-0.4, -0.2) is 5.24 Å². The first-order chi connectivity index (χ1) is 8.65. The third kappa shape index (κ3) is 3.34. The van der Waals surface area contributed by atoms with E-state index in [1.165, 1.54) is 12.1 Å². The van der Waals surface area contributed by atoms with E-state index in [4.69, 9.17) is 0 Å². The van der Waals surface area contributed by atoms with Crippen molar-refractivity contribution in [3.05, 3.63) is 59.9 Å². The number of nitrogens with one attached hydrogen (secondary N) is 1. The molecule has 18 heavy (non-hydrogen) atoms. The molecule has 92 valence electrons. The zero-order valence-corrected chi connectivity index (χ0v) is 10.5. The number of thiol groups is 1. The molecule has 0 radical (unpaired) electrons. The summed E-state index contributed by atoms with van der Waals surface area (Å²) >= 11 is 3.63. The second-order valence-electron chi connectivity index (χ2n) is 3.86. The lowest BCUT2D eigenvalue weighted by Crippen LogP contribution is -2.15. The molecule has 2 rings (SSSR count). The van der Waals surface area contributed by atoms with Gasteiger partial charge in [-0.15, -0.1) is 0 Å². The molecular formula is C14H12FNOS. The van der Waals surface area contributed by atoms with Crippen molar-refractivity contribution < 1.29 is 9.18 Å². The average molecular weight is 261 g/mol. The molecule has 0 aliphatic rings. The highest BCUT2D eigenvalue weighted by Crippen LogP contribution is 2.20. The van der Waals surface area contributed by atoms with E-state index in [1.807, 2.05) is 24.3 Å². The maximum atomic E-state index is 12.8. The van der Waals surface area contributed by atoms with Gasteiger partial charge in [0.2, 0.25) is 0 Å². The second-order valence-corrected chi connectivity index (χ2v) is 4.27. The lowest BCUT2D eigenvalue weighted by molar-refractivity contribution is 0.260. The van der Waals surface area contributed by atoms with Gasteiger partial charge in [-0.05, 0) is 28.8 Å². The molecule has 2 aromatic carbocycles. The molecule has 0 fully saturated rings. The van der Waals surface area contributed by atoms with Gasteiger partial charge in [0.05, 0.1) is 0 Å². The molecule has 1 N–H and O–H groups in total. The van der Waals surface area contributed by atoms with E-state index in [0.29, 0.717) is 6.54 Å². The van der Waals surface area contributed by atoms with Crippen LogP contribution >= 0.6 is 12.6 Å². The SMILES string of the molecule is O=C(S)NCc1ccc(-c2ccc(F)cc2)cc1. The molecular weight excluding hydrogens is 249 g/mol. The Bertz CT molecular complexity index is 537. The molecule has 0 aromatic heterocycles. The number of amides is 1. The Morgan fingerprint density at radius 3 is 2.00 bits per heavy atom. The van der Waals surface area contributed by atoms with Crippen molar-refractivity contribution in [3.63, 3.8) is 0 Å². The van der Waals surface area contributed by atoms with Gasteiger partial charge in [-0.1, -0.05) is 49.0 Å². The summed E-state index contributed by atoms with van der Waals surface area (Å²) in [5.41, 5.74) is 2.96. The summed E-state index contributed by atoms with van der Waals surface area (Å²) in [6.07, 6.45) is 0. The van der Waals surface area contributed by atoms with Crippen LogP contribution in [-0.2, 0) is 6.54 Å². The topological polar surface area (TPSA) is 29.1 Å². The van der Waals surface area contributed by atoms with Gasteiger partial charge in [0.25, 0.3) is 5.24 Å². The quantitative estimate of drug-likeness (QED) is 0.812. The van der Waals surface area contributed by atoms with Crippen LogP contribution in [0.3, 0.4) is 0 Å². The number of rotatable bonds is 3. The minimum absolute atomic E-state index is 0.244. The molecule has 0 spiro atoms. The van der Waals surface area contributed by atoms with E-state index < -0.39 is 0 Å². The molecule has 1 amide bonds. The Morgan fingerprint density at radius 1 is 1.00 bits per heavy atom. The summed E-state index contributed by atoms with van der Waals surface area (Å²) in [4.78, 5) is 10.7. The summed E-state index contributed by atoms with van der Waals surface area (Å²) in [6.45, 7) is 0.450. The predicted molar refractivity (Wildman–Crippen MR) is 73.1 cm³/mol. The number of carbonyl (C=O) groups excluding carboxylic acids is 1. The fourth-order valence-corrected chi connectivity index (χ4v) is 1.71. The standard InChI is InChI=1S/C14H12FNOS/c15-13-7-5-12(6-8-13)11-3-1-10(2-4-11)9-16-14(17)18/h1-8H,9H2,(H2,16,17,18). The van der Waals surface area contributed by atoms with Crippen LogP contribution in [0, 0.1) is 5.82 Å². The van der Waals surface area contributed by atoms with Gasteiger partial charge < -0.3 is 5.32 Å². The lowest BCUT2D eigenvalue weighted by atomic mass is 10.0. The van der Waals surface area contributed by atoms with Crippen molar-refractivity contribution >= 4 is 17.9 Å². The second kappa shape index (κ2) is 5.69. The first kappa shape index (κ1) is 12.6. The van der Waals surface area contributed by atoms with Crippen LogP contribution in [0.4, 0.5) is 9.18 Å². The number of benzene rings is 2. The molecule has 2 aromatic rings. The first-order valence-corrected chi connectivity index (χ1v) is 5.91. The van der Waals surface area contributed by atoms with Crippen LogP contribution < -0.4 is 5.32 Å². The van der Waals surface area contributed by atoms with E-state index in [2.05, 4.69) is 17.9 Å². The van der Waals surface area contributed by atoms with E-state index in [-0.39, 0.29) is 11.1 Å². The van der Waals surface area contributed by atoms with Crippen LogP contribution in [0.15, 0.2) is 48.5 Å². The van der Waals surface area contributed by atoms with Crippen LogP contribution in [0.5, 0.6) is 0 Å². The smallest absolute Gasteiger partial charge is 0.276 e. The Morgan fingerprint density at radius 2 is 1.50 bits per heavy atom. The van der Waals surface area contributed by atoms with Gasteiger partial charge in [0.15, 0.2) is 0 Å². The molecule has 0 aliphatic carbocycles. The third-order valence-corrected chi connectivity index (χ3v) is 2.73. The number of hydrogen-bond donors (Lipinski definition) is 2. The highest BCUT2D eigenvalue weighted by molar-refractivity contribution is 7.96. The zero-order valence-electron chi connectivity index (χ0n) is 9.56. The van der Waals surface area contributed by atoms with E-state index >= 15 is 0 Å². The number of halogens is 1. The van der Waals surface area contributed by atoms with Crippen molar-refractivity contribution in [1.82, 2.24) is 5.32 Å². The summed E-state index contributed by atoms with van der Waals surface area (Å²) < 4.78 is 12.8. The Balaban J connectivity index is 2.12. The molecule has 0 heterocycles. The normalized spacial score (nSPS) is 10.1. The molecule has 0 aliphatic heterocycles. The molecule has 0 saturated heterocycles. The van der Waals surface area contributed by atoms with Crippen LogP contribution in [0.2, 0.25) is 0 Å². The molecule has 0 atom stereocenters. The van der Waals surface area contributed by atoms with E-state index in [9.17, 15) is 9.18 Å². The van der Waals surface area contributed by atoms with Crippen LogP contribution in [0.1, 0.15) is 5.56 Å². The van der Waals surface area contributed by atoms with E-state index in [0.717, 1.165) is 16.7 Å². The Kier molecular flexibility index (Phi) is 3.99. The molecule has 0 saturated carbocycles. The van der Waals surface area contributed by atoms with Crippen molar-refractivity contribution in [1.29, 1.82) is 0 Å². The van der Waals surface area contributed by atoms with Crippen LogP contribution in [0.25, 0.3) is 11.1 Å². The maximum absolute atomic E-state index is 12.8. The summed E-state index contributed by atoms with van der Waals surface area (Å²) in [6, 6.07) is 14.1. The Labute approximate surface area is 110 Å². The van der Waals surface area contributed by atoms with Gasteiger partial charge in [0.1, 0.15) is 5.82 Å². The minimum atomic E-state index is -0.349. The van der Waals surface area contributed by atoms with Crippen molar-refractivity contribution in [2.45, 2.75) is 6.54 Å². The predicted octanol–water partition coefficient (Wildman–Crippen LogP) is 3.63. The average Bonchev–Trinajstić information content (AvgIpc) is 2.38. The van der Waals surface area contributed by atoms with Gasteiger partial charge in [-0.2, -0.15) is 0 Å². The highest BCUT2D eigenvalue weighted by atomic mass is 32.1. The third-order valence-electron chi connectivity index (χ3n) is 2.58. The summed E-state index contributed by atoms with van der Waals surface area (Å²) in [7, 11) is 0. The summed E-state index contributed by atoms with van der Waals surface area (Å²) in [5.74, 6) is -0.244. The van der Waals surface area contributed by atoms with Gasteiger partial charge in [0, 0.05) is 6.54 Å². The van der Waals surface area contributed by atoms with Gasteiger partial charge in [-0.25, -0.2) is 4.39 Å². The lowest BCUT2D eigenvalue weighted by Gasteiger charge is -2.05. The fraction of sp³-hybridized carbons (Fsp3) is 0.0714. The zero-order chi connectivity index (χ0) is 13.0. The van der Waals surface area contributed by atoms with Crippen molar-refractivity contribution in [2.75, 3.05) is 0 Å². The van der Waals surface area contributed by atoms with E-state index in [1.54, 1.807) is 12.1 Å².